The summed E-state index contributed by atoms with van der Waals surface area (Å²) < 4.78 is 0. The Balaban J connectivity index is 3.03. The van der Waals surface area contributed by atoms with E-state index in [0.717, 1.165) is 6.42 Å². The van der Waals surface area contributed by atoms with Crippen molar-refractivity contribution in [3.8, 4) is 0 Å². The van der Waals surface area contributed by atoms with Crippen LogP contribution in [0.3, 0.4) is 0 Å². The van der Waals surface area contributed by atoms with Gasteiger partial charge in [0.25, 0.3) is 0 Å². The SMILES string of the molecule is CCC(C)CN1C(=O)C(C)(C)NC(=O)C1(C)C. The second kappa shape index (κ2) is 4.31. The first-order valence-corrected chi connectivity index (χ1v) is 6.27. The topological polar surface area (TPSA) is 49.4 Å². The molecule has 1 aliphatic heterocycles. The van der Waals surface area contributed by atoms with Gasteiger partial charge in [0, 0.05) is 6.54 Å². The molecule has 0 aromatic heterocycles. The molecule has 1 atom stereocenters. The number of hydrogen-bond acceptors (Lipinski definition) is 2. The third kappa shape index (κ3) is 2.45. The zero-order chi connectivity index (χ0) is 13.4. The van der Waals surface area contributed by atoms with Gasteiger partial charge < -0.3 is 10.2 Å². The van der Waals surface area contributed by atoms with Gasteiger partial charge in [-0.3, -0.25) is 9.59 Å². The molecule has 1 unspecified atom stereocenters. The number of carbonyl (C=O) groups is 2. The summed E-state index contributed by atoms with van der Waals surface area (Å²) in [4.78, 5) is 26.1. The normalized spacial score (nSPS) is 24.5. The van der Waals surface area contributed by atoms with Crippen molar-refractivity contribution in [2.24, 2.45) is 5.92 Å². The quantitative estimate of drug-likeness (QED) is 0.813. The molecule has 1 saturated heterocycles. The summed E-state index contributed by atoms with van der Waals surface area (Å²) in [6.07, 6.45) is 1.00. The minimum Gasteiger partial charge on any atom is -0.340 e. The summed E-state index contributed by atoms with van der Waals surface area (Å²) in [5, 5.41) is 2.79. The summed E-state index contributed by atoms with van der Waals surface area (Å²) in [7, 11) is 0. The monoisotopic (exact) mass is 240 g/mol. The summed E-state index contributed by atoms with van der Waals surface area (Å²) >= 11 is 0. The van der Waals surface area contributed by atoms with Crippen LogP contribution in [-0.4, -0.2) is 34.3 Å². The Morgan fingerprint density at radius 1 is 1.24 bits per heavy atom. The molecule has 0 aromatic carbocycles. The third-order valence-electron chi connectivity index (χ3n) is 3.63. The van der Waals surface area contributed by atoms with Crippen LogP contribution in [0.4, 0.5) is 0 Å². The van der Waals surface area contributed by atoms with Gasteiger partial charge in [-0.2, -0.15) is 0 Å². The first-order valence-electron chi connectivity index (χ1n) is 6.27. The number of carbonyl (C=O) groups excluding carboxylic acids is 2. The first kappa shape index (κ1) is 14.0. The summed E-state index contributed by atoms with van der Waals surface area (Å²) in [6.45, 7) is 12.0. The van der Waals surface area contributed by atoms with E-state index in [9.17, 15) is 9.59 Å². The molecule has 1 N–H and O–H groups in total. The number of nitrogens with one attached hydrogen (secondary N) is 1. The second-order valence-electron chi connectivity index (χ2n) is 6.07. The number of rotatable bonds is 3. The van der Waals surface area contributed by atoms with Gasteiger partial charge in [0.2, 0.25) is 11.8 Å². The van der Waals surface area contributed by atoms with E-state index in [2.05, 4.69) is 19.2 Å². The van der Waals surface area contributed by atoms with Gasteiger partial charge in [-0.1, -0.05) is 20.3 Å². The molecule has 1 heterocycles. The molecule has 2 amide bonds. The molecule has 0 radical (unpaired) electrons. The fourth-order valence-electron chi connectivity index (χ4n) is 1.96. The van der Waals surface area contributed by atoms with Gasteiger partial charge in [0.15, 0.2) is 0 Å². The van der Waals surface area contributed by atoms with E-state index in [1.807, 2.05) is 0 Å². The Bertz CT molecular complexity index is 334. The molecule has 0 aliphatic carbocycles. The summed E-state index contributed by atoms with van der Waals surface area (Å²) in [5.41, 5.74) is -1.55. The smallest absolute Gasteiger partial charge is 0.248 e. The van der Waals surface area contributed by atoms with E-state index in [4.69, 9.17) is 0 Å². The molecule has 0 spiro atoms. The predicted molar refractivity (Wildman–Crippen MR) is 67.5 cm³/mol. The van der Waals surface area contributed by atoms with E-state index in [1.165, 1.54) is 0 Å². The van der Waals surface area contributed by atoms with Crippen molar-refractivity contribution in [2.75, 3.05) is 6.54 Å². The Labute approximate surface area is 104 Å². The highest BCUT2D eigenvalue weighted by Gasteiger charge is 2.49. The lowest BCUT2D eigenvalue weighted by atomic mass is 9.88. The average Bonchev–Trinajstić information content (AvgIpc) is 2.21. The maximum atomic E-state index is 12.4. The fourth-order valence-corrected chi connectivity index (χ4v) is 1.96. The van der Waals surface area contributed by atoms with Crippen LogP contribution in [0, 0.1) is 5.92 Å². The lowest BCUT2D eigenvalue weighted by Crippen LogP contribution is -2.72. The van der Waals surface area contributed by atoms with E-state index < -0.39 is 11.1 Å². The number of amides is 2. The molecule has 1 rings (SSSR count). The molecular weight excluding hydrogens is 216 g/mol. The van der Waals surface area contributed by atoms with Gasteiger partial charge in [-0.05, 0) is 33.6 Å². The molecule has 4 nitrogen and oxygen atoms in total. The van der Waals surface area contributed by atoms with Crippen molar-refractivity contribution >= 4 is 11.8 Å². The Morgan fingerprint density at radius 3 is 2.24 bits per heavy atom. The second-order valence-corrected chi connectivity index (χ2v) is 6.07. The Morgan fingerprint density at radius 2 is 1.76 bits per heavy atom. The molecule has 98 valence electrons. The minimum atomic E-state index is -0.792. The van der Waals surface area contributed by atoms with Crippen molar-refractivity contribution in [2.45, 2.75) is 59.0 Å². The van der Waals surface area contributed by atoms with Crippen molar-refractivity contribution in [1.82, 2.24) is 10.2 Å². The molecular formula is C13H24N2O2. The van der Waals surface area contributed by atoms with E-state index in [0.29, 0.717) is 12.5 Å². The first-order chi connectivity index (χ1) is 7.63. The summed E-state index contributed by atoms with van der Waals surface area (Å²) in [5.74, 6) is 0.327. The van der Waals surface area contributed by atoms with Crippen LogP contribution in [0.5, 0.6) is 0 Å². The Kier molecular flexibility index (Phi) is 3.55. The van der Waals surface area contributed by atoms with E-state index in [-0.39, 0.29) is 11.8 Å². The van der Waals surface area contributed by atoms with Gasteiger partial charge >= 0.3 is 0 Å². The van der Waals surface area contributed by atoms with Gasteiger partial charge in [-0.25, -0.2) is 0 Å². The van der Waals surface area contributed by atoms with Crippen LogP contribution in [0.25, 0.3) is 0 Å². The van der Waals surface area contributed by atoms with Crippen molar-refractivity contribution in [1.29, 1.82) is 0 Å². The standard InChI is InChI=1S/C13H24N2O2/c1-7-9(2)8-15-11(17)12(3,4)14-10(16)13(15,5)6/h9H,7-8H2,1-6H3,(H,14,16). The van der Waals surface area contributed by atoms with Crippen LogP contribution in [0.2, 0.25) is 0 Å². The molecule has 0 bridgehead atoms. The van der Waals surface area contributed by atoms with Crippen LogP contribution < -0.4 is 5.32 Å². The van der Waals surface area contributed by atoms with Gasteiger partial charge in [-0.15, -0.1) is 0 Å². The lowest BCUT2D eigenvalue weighted by Gasteiger charge is -2.48. The average molecular weight is 240 g/mol. The number of piperazine rings is 1. The fraction of sp³-hybridized carbons (Fsp3) is 0.846. The third-order valence-corrected chi connectivity index (χ3v) is 3.63. The maximum absolute atomic E-state index is 12.4. The zero-order valence-electron chi connectivity index (χ0n) is 11.8. The molecule has 1 aliphatic rings. The summed E-state index contributed by atoms with van der Waals surface area (Å²) in [6, 6.07) is 0. The van der Waals surface area contributed by atoms with E-state index >= 15 is 0 Å². The van der Waals surface area contributed by atoms with Crippen LogP contribution >= 0.6 is 0 Å². The van der Waals surface area contributed by atoms with E-state index in [1.54, 1.807) is 32.6 Å². The van der Waals surface area contributed by atoms with Crippen molar-refractivity contribution in [3.63, 3.8) is 0 Å². The lowest BCUT2D eigenvalue weighted by molar-refractivity contribution is -0.160. The van der Waals surface area contributed by atoms with Gasteiger partial charge in [0.05, 0.1) is 0 Å². The molecule has 4 heteroatoms. The zero-order valence-corrected chi connectivity index (χ0v) is 11.8. The Hall–Kier alpha value is -1.06. The highest BCUT2D eigenvalue weighted by Crippen LogP contribution is 2.27. The maximum Gasteiger partial charge on any atom is 0.248 e. The molecule has 0 aromatic rings. The highest BCUT2D eigenvalue weighted by atomic mass is 16.2. The van der Waals surface area contributed by atoms with Crippen LogP contribution in [-0.2, 0) is 9.59 Å². The van der Waals surface area contributed by atoms with Gasteiger partial charge in [0.1, 0.15) is 11.1 Å². The number of nitrogens with zero attached hydrogens (tertiary/aromatic N) is 1. The van der Waals surface area contributed by atoms with Crippen LogP contribution in [0.1, 0.15) is 48.0 Å². The largest absolute Gasteiger partial charge is 0.340 e. The molecule has 17 heavy (non-hydrogen) atoms. The van der Waals surface area contributed by atoms with Crippen LogP contribution in [0.15, 0.2) is 0 Å². The molecule has 1 fully saturated rings. The predicted octanol–water partition coefficient (Wildman–Crippen LogP) is 1.55. The minimum absolute atomic E-state index is 0.00222. The van der Waals surface area contributed by atoms with Crippen molar-refractivity contribution in [3.05, 3.63) is 0 Å². The molecule has 0 saturated carbocycles. The van der Waals surface area contributed by atoms with Crippen molar-refractivity contribution < 1.29 is 9.59 Å². The number of hydrogen-bond donors (Lipinski definition) is 1. The highest BCUT2D eigenvalue weighted by molar-refractivity contribution is 6.01.